The van der Waals surface area contributed by atoms with Crippen LogP contribution in [0.3, 0.4) is 0 Å². The van der Waals surface area contributed by atoms with Crippen LogP contribution >= 0.6 is 0 Å². The van der Waals surface area contributed by atoms with Crippen molar-refractivity contribution in [1.29, 1.82) is 5.26 Å². The molecule has 0 aliphatic heterocycles. The number of carbonyl (C=O) groups is 2. The van der Waals surface area contributed by atoms with E-state index in [1.807, 2.05) is 6.07 Å². The van der Waals surface area contributed by atoms with Crippen molar-refractivity contribution < 1.29 is 23.8 Å². The van der Waals surface area contributed by atoms with Crippen molar-refractivity contribution in [3.63, 3.8) is 0 Å². The maximum atomic E-state index is 12.4. The number of carboxylic acid groups (broad SMARTS) is 1. The highest BCUT2D eigenvalue weighted by molar-refractivity contribution is 5.98. The minimum atomic E-state index is -1.18. The normalized spacial score (nSPS) is 11.6. The lowest BCUT2D eigenvalue weighted by Crippen LogP contribution is -2.42. The Labute approximate surface area is 154 Å². The van der Waals surface area contributed by atoms with E-state index < -0.39 is 17.9 Å². The number of hydrogen-bond donors (Lipinski definition) is 2. The summed E-state index contributed by atoms with van der Waals surface area (Å²) in [6, 6.07) is 14.1. The van der Waals surface area contributed by atoms with Crippen LogP contribution in [0.15, 0.2) is 52.9 Å². The second-order valence-corrected chi connectivity index (χ2v) is 5.89. The number of methoxy groups -OCH3 is 1. The Bertz CT molecular complexity index is 1050. The second kappa shape index (κ2) is 7.62. The number of carboxylic acids is 1. The Kier molecular flexibility index (Phi) is 5.08. The summed E-state index contributed by atoms with van der Waals surface area (Å²) >= 11 is 0. The van der Waals surface area contributed by atoms with Crippen molar-refractivity contribution in [2.24, 2.45) is 0 Å². The summed E-state index contributed by atoms with van der Waals surface area (Å²) in [6.45, 7) is 0. The fraction of sp³-hybridized carbons (Fsp3) is 0.150. The largest absolute Gasteiger partial charge is 0.497 e. The first-order valence-electron chi connectivity index (χ1n) is 8.10. The average Bonchev–Trinajstić information content (AvgIpc) is 3.10. The van der Waals surface area contributed by atoms with Crippen molar-refractivity contribution in [1.82, 2.24) is 5.32 Å². The molecule has 0 bridgehead atoms. The van der Waals surface area contributed by atoms with E-state index in [0.717, 1.165) is 0 Å². The molecule has 2 N–H and O–H groups in total. The molecule has 136 valence electrons. The van der Waals surface area contributed by atoms with Gasteiger partial charge in [0.15, 0.2) is 5.76 Å². The highest BCUT2D eigenvalue weighted by Crippen LogP contribution is 2.24. The highest BCUT2D eigenvalue weighted by atomic mass is 16.5. The summed E-state index contributed by atoms with van der Waals surface area (Å²) in [5.74, 6) is -1.18. The van der Waals surface area contributed by atoms with Gasteiger partial charge in [0.25, 0.3) is 5.91 Å². The van der Waals surface area contributed by atoms with Crippen LogP contribution in [0.5, 0.6) is 5.75 Å². The predicted molar refractivity (Wildman–Crippen MR) is 96.5 cm³/mol. The third-order valence-electron chi connectivity index (χ3n) is 4.05. The second-order valence-electron chi connectivity index (χ2n) is 5.89. The molecule has 2 aromatic carbocycles. The Morgan fingerprint density at radius 3 is 2.78 bits per heavy atom. The number of benzene rings is 2. The van der Waals surface area contributed by atoms with Crippen LogP contribution in [0.25, 0.3) is 11.0 Å². The molecule has 7 nitrogen and oxygen atoms in total. The predicted octanol–water partition coefficient (Wildman–Crippen LogP) is 2.74. The van der Waals surface area contributed by atoms with E-state index in [0.29, 0.717) is 27.8 Å². The van der Waals surface area contributed by atoms with Gasteiger partial charge in [0.2, 0.25) is 0 Å². The SMILES string of the molecule is COc1ccc2oc(C(=O)N[C@@H](Cc3cccc(C#N)c3)C(=O)O)cc2c1. The van der Waals surface area contributed by atoms with Crippen LogP contribution in [0.4, 0.5) is 0 Å². The summed E-state index contributed by atoms with van der Waals surface area (Å²) in [6.07, 6.45) is 0.0463. The molecule has 0 radical (unpaired) electrons. The van der Waals surface area contributed by atoms with Crippen LogP contribution in [0.1, 0.15) is 21.7 Å². The zero-order valence-corrected chi connectivity index (χ0v) is 14.4. The molecular formula is C20H16N2O5. The van der Waals surface area contributed by atoms with Gasteiger partial charge in [0, 0.05) is 11.8 Å². The number of furan rings is 1. The molecular weight excluding hydrogens is 348 g/mol. The Morgan fingerprint density at radius 2 is 2.07 bits per heavy atom. The standard InChI is InChI=1S/C20H16N2O5/c1-26-15-5-6-17-14(9-15)10-18(27-17)19(23)22-16(20(24)25)8-12-3-2-4-13(7-12)11-21/h2-7,9-10,16H,8H2,1H3,(H,22,23)(H,24,25)/t16-/m0/s1. The maximum Gasteiger partial charge on any atom is 0.326 e. The van der Waals surface area contributed by atoms with Crippen molar-refractivity contribution >= 4 is 22.8 Å². The van der Waals surface area contributed by atoms with Gasteiger partial charge < -0.3 is 19.6 Å². The van der Waals surface area contributed by atoms with Crippen LogP contribution < -0.4 is 10.1 Å². The van der Waals surface area contributed by atoms with Gasteiger partial charge in [0.05, 0.1) is 18.7 Å². The van der Waals surface area contributed by atoms with Crippen LogP contribution in [0.2, 0.25) is 0 Å². The van der Waals surface area contributed by atoms with Crippen molar-refractivity contribution in [2.75, 3.05) is 7.11 Å². The first-order chi connectivity index (χ1) is 13.0. The van der Waals surface area contributed by atoms with Gasteiger partial charge in [-0.05, 0) is 42.0 Å². The number of hydrogen-bond acceptors (Lipinski definition) is 5. The minimum Gasteiger partial charge on any atom is -0.497 e. The van der Waals surface area contributed by atoms with E-state index >= 15 is 0 Å². The minimum absolute atomic E-state index is 0.00952. The number of amides is 1. The average molecular weight is 364 g/mol. The molecule has 1 heterocycles. The number of aliphatic carboxylic acids is 1. The smallest absolute Gasteiger partial charge is 0.326 e. The summed E-state index contributed by atoms with van der Waals surface area (Å²) in [7, 11) is 1.54. The third kappa shape index (κ3) is 4.07. The zero-order valence-electron chi connectivity index (χ0n) is 14.4. The molecule has 1 aromatic heterocycles. The topological polar surface area (TPSA) is 113 Å². The molecule has 1 amide bonds. The lowest BCUT2D eigenvalue weighted by Gasteiger charge is -2.13. The number of rotatable bonds is 6. The van der Waals surface area contributed by atoms with E-state index in [4.69, 9.17) is 14.4 Å². The van der Waals surface area contributed by atoms with Gasteiger partial charge in [-0.25, -0.2) is 4.79 Å². The van der Waals surface area contributed by atoms with E-state index in [-0.39, 0.29) is 12.2 Å². The lowest BCUT2D eigenvalue weighted by atomic mass is 10.0. The Balaban J connectivity index is 1.79. The quantitative estimate of drug-likeness (QED) is 0.695. The number of nitriles is 1. The summed E-state index contributed by atoms with van der Waals surface area (Å²) in [4.78, 5) is 24.0. The molecule has 0 saturated carbocycles. The summed E-state index contributed by atoms with van der Waals surface area (Å²) in [5.41, 5.74) is 1.56. The number of ether oxygens (including phenoxy) is 1. The van der Waals surface area contributed by atoms with Gasteiger partial charge in [-0.1, -0.05) is 12.1 Å². The van der Waals surface area contributed by atoms with Gasteiger partial charge in [-0.3, -0.25) is 4.79 Å². The molecule has 27 heavy (non-hydrogen) atoms. The fourth-order valence-electron chi connectivity index (χ4n) is 2.69. The van der Waals surface area contributed by atoms with Crippen LogP contribution in [-0.4, -0.2) is 30.1 Å². The van der Waals surface area contributed by atoms with Crippen molar-refractivity contribution in [3.8, 4) is 11.8 Å². The molecule has 0 fully saturated rings. The van der Waals surface area contributed by atoms with Crippen LogP contribution in [0, 0.1) is 11.3 Å². The molecule has 7 heteroatoms. The first kappa shape index (κ1) is 18.0. The van der Waals surface area contributed by atoms with Gasteiger partial charge in [0.1, 0.15) is 17.4 Å². The monoisotopic (exact) mass is 364 g/mol. The van der Waals surface area contributed by atoms with Crippen molar-refractivity contribution in [2.45, 2.75) is 12.5 Å². The van der Waals surface area contributed by atoms with E-state index in [1.165, 1.54) is 13.2 Å². The zero-order chi connectivity index (χ0) is 19.4. The van der Waals surface area contributed by atoms with Crippen LogP contribution in [-0.2, 0) is 11.2 Å². The first-order valence-corrected chi connectivity index (χ1v) is 8.10. The number of fused-ring (bicyclic) bond motifs is 1. The fourth-order valence-corrected chi connectivity index (χ4v) is 2.69. The Morgan fingerprint density at radius 1 is 1.26 bits per heavy atom. The van der Waals surface area contributed by atoms with E-state index in [2.05, 4.69) is 5.32 Å². The van der Waals surface area contributed by atoms with Gasteiger partial charge in [-0.15, -0.1) is 0 Å². The summed E-state index contributed by atoms with van der Waals surface area (Å²) in [5, 5.41) is 21.5. The highest BCUT2D eigenvalue weighted by Gasteiger charge is 2.23. The third-order valence-corrected chi connectivity index (χ3v) is 4.05. The molecule has 3 aromatic rings. The molecule has 3 rings (SSSR count). The lowest BCUT2D eigenvalue weighted by molar-refractivity contribution is -0.139. The molecule has 0 unspecified atom stereocenters. The van der Waals surface area contributed by atoms with Gasteiger partial charge >= 0.3 is 5.97 Å². The number of nitrogens with one attached hydrogen (secondary N) is 1. The molecule has 0 aliphatic carbocycles. The molecule has 0 spiro atoms. The Hall–Kier alpha value is -3.79. The molecule has 0 aliphatic rings. The maximum absolute atomic E-state index is 12.4. The van der Waals surface area contributed by atoms with E-state index in [9.17, 15) is 14.7 Å². The van der Waals surface area contributed by atoms with Gasteiger partial charge in [-0.2, -0.15) is 5.26 Å². The summed E-state index contributed by atoms with van der Waals surface area (Å²) < 4.78 is 10.6. The number of nitrogens with zero attached hydrogens (tertiary/aromatic N) is 1. The number of carbonyl (C=O) groups excluding carboxylic acids is 1. The van der Waals surface area contributed by atoms with E-state index in [1.54, 1.807) is 42.5 Å². The molecule has 1 atom stereocenters. The van der Waals surface area contributed by atoms with Crippen molar-refractivity contribution in [3.05, 3.63) is 65.4 Å². The molecule has 0 saturated heterocycles.